The Morgan fingerprint density at radius 3 is 1.70 bits per heavy atom. The van der Waals surface area contributed by atoms with Crippen LogP contribution in [-0.2, 0) is 14.4 Å². The first kappa shape index (κ1) is 27.3. The van der Waals surface area contributed by atoms with E-state index in [2.05, 4.69) is 9.57 Å². The van der Waals surface area contributed by atoms with Gasteiger partial charge in [0.05, 0.1) is 26.3 Å². The fourth-order valence-electron chi connectivity index (χ4n) is 2.43. The number of nitro groups is 1. The third kappa shape index (κ3) is 6.87. The molecule has 9 nitrogen and oxygen atoms in total. The summed E-state index contributed by atoms with van der Waals surface area (Å²) < 4.78 is 59.8. The van der Waals surface area contributed by atoms with Crippen molar-refractivity contribution in [3.05, 3.63) is 63.2 Å². The van der Waals surface area contributed by atoms with Crippen LogP contribution in [0.4, 0.5) is 23.2 Å². The van der Waals surface area contributed by atoms with E-state index in [-0.39, 0.29) is 35.9 Å². The Balaban J connectivity index is 0.000000252. The van der Waals surface area contributed by atoms with Crippen molar-refractivity contribution in [2.24, 2.45) is 0 Å². The number of imide groups is 1. The number of carbonyl (C=O) groups excluding carboxylic acids is 2. The van der Waals surface area contributed by atoms with Gasteiger partial charge in [-0.3, -0.25) is 24.5 Å². The van der Waals surface area contributed by atoms with Crippen LogP contribution < -0.4 is 9.47 Å². The molecule has 1 aliphatic rings. The van der Waals surface area contributed by atoms with E-state index in [0.717, 1.165) is 19.1 Å². The standard InChI is InChI=1S/C8H6F4O.C7H7NO3.C5H7NO3/c1-3-4(9)5(10)6(11)7(12)8(3)13-2;1-11-7-4-2-6(3-5-7)8(9)10;1-9-6-4(7)2-3-5(6)8/h1-2H3;2-5H,1H3;2-3H2,1H3. The number of carbonyl (C=O) groups is 2. The van der Waals surface area contributed by atoms with Crippen LogP contribution in [0, 0.1) is 40.3 Å². The number of benzene rings is 2. The van der Waals surface area contributed by atoms with Gasteiger partial charge in [-0.25, -0.2) is 13.2 Å². The minimum Gasteiger partial charge on any atom is -0.497 e. The van der Waals surface area contributed by atoms with Crippen LogP contribution in [0.2, 0.25) is 0 Å². The molecule has 0 N–H and O–H groups in total. The van der Waals surface area contributed by atoms with Crippen LogP contribution in [-0.4, -0.2) is 43.1 Å². The topological polar surface area (TPSA) is 108 Å². The lowest BCUT2D eigenvalue weighted by molar-refractivity contribution is -0.384. The summed E-state index contributed by atoms with van der Waals surface area (Å²) in [6.45, 7) is 1.10. The monoisotopic (exact) mass is 476 g/mol. The molecule has 1 saturated heterocycles. The minimum atomic E-state index is -1.86. The molecule has 3 rings (SSSR count). The zero-order valence-corrected chi connectivity index (χ0v) is 18.0. The second-order valence-electron chi connectivity index (χ2n) is 6.13. The predicted octanol–water partition coefficient (Wildman–Crippen LogP) is 3.86. The van der Waals surface area contributed by atoms with Crippen LogP contribution in [0.15, 0.2) is 24.3 Å². The van der Waals surface area contributed by atoms with E-state index in [0.29, 0.717) is 5.75 Å². The summed E-state index contributed by atoms with van der Waals surface area (Å²) in [6.07, 6.45) is 0.569. The van der Waals surface area contributed by atoms with Gasteiger partial charge in [0.25, 0.3) is 17.5 Å². The van der Waals surface area contributed by atoms with E-state index in [9.17, 15) is 37.3 Å². The highest BCUT2D eigenvalue weighted by Crippen LogP contribution is 2.29. The number of hydroxylamine groups is 2. The van der Waals surface area contributed by atoms with Crippen molar-refractivity contribution < 1.29 is 46.4 Å². The quantitative estimate of drug-likeness (QED) is 0.165. The average Bonchev–Trinajstić information content (AvgIpc) is 3.14. The fourth-order valence-corrected chi connectivity index (χ4v) is 2.43. The van der Waals surface area contributed by atoms with Gasteiger partial charge >= 0.3 is 0 Å². The van der Waals surface area contributed by atoms with Crippen molar-refractivity contribution in [1.82, 2.24) is 5.06 Å². The van der Waals surface area contributed by atoms with Crippen LogP contribution in [0.25, 0.3) is 0 Å². The summed E-state index contributed by atoms with van der Waals surface area (Å²) in [5.41, 5.74) is -0.315. The molecule has 2 aromatic rings. The number of hydrogen-bond acceptors (Lipinski definition) is 7. The Morgan fingerprint density at radius 2 is 1.33 bits per heavy atom. The van der Waals surface area contributed by atoms with E-state index < -0.39 is 33.9 Å². The van der Waals surface area contributed by atoms with Gasteiger partial charge in [0, 0.05) is 30.5 Å². The Morgan fingerprint density at radius 1 is 0.848 bits per heavy atom. The fraction of sp³-hybridized carbons (Fsp3) is 0.300. The Hall–Kier alpha value is -3.74. The van der Waals surface area contributed by atoms with Gasteiger partial charge in [0.1, 0.15) is 5.75 Å². The van der Waals surface area contributed by atoms with Gasteiger partial charge in [0.15, 0.2) is 17.4 Å². The minimum absolute atomic E-state index is 0.0748. The third-order valence-electron chi connectivity index (χ3n) is 4.12. The normalized spacial score (nSPS) is 12.4. The van der Waals surface area contributed by atoms with Gasteiger partial charge in [-0.05, 0) is 19.1 Å². The molecule has 0 atom stereocenters. The maximum Gasteiger partial charge on any atom is 0.269 e. The Labute approximate surface area is 185 Å². The maximum absolute atomic E-state index is 12.8. The van der Waals surface area contributed by atoms with Gasteiger partial charge in [0.2, 0.25) is 11.6 Å². The molecule has 180 valence electrons. The first-order valence-electron chi connectivity index (χ1n) is 9.04. The van der Waals surface area contributed by atoms with Crippen molar-refractivity contribution in [1.29, 1.82) is 0 Å². The summed E-state index contributed by atoms with van der Waals surface area (Å²) in [5, 5.41) is 11.0. The molecule has 0 unspecified atom stereocenters. The van der Waals surface area contributed by atoms with Crippen molar-refractivity contribution in [3.8, 4) is 11.5 Å². The van der Waals surface area contributed by atoms with Crippen LogP contribution >= 0.6 is 0 Å². The zero-order chi connectivity index (χ0) is 25.3. The highest BCUT2D eigenvalue weighted by atomic mass is 19.2. The van der Waals surface area contributed by atoms with E-state index in [1.165, 1.54) is 26.4 Å². The Bertz CT molecular complexity index is 971. The highest BCUT2D eigenvalue weighted by Gasteiger charge is 2.28. The summed E-state index contributed by atoms with van der Waals surface area (Å²) >= 11 is 0. The second-order valence-corrected chi connectivity index (χ2v) is 6.13. The summed E-state index contributed by atoms with van der Waals surface area (Å²) in [6, 6.07) is 5.91. The molecule has 33 heavy (non-hydrogen) atoms. The molecule has 13 heteroatoms. The lowest BCUT2D eigenvalue weighted by atomic mass is 10.2. The lowest BCUT2D eigenvalue weighted by Crippen LogP contribution is -2.27. The molecular weight excluding hydrogens is 456 g/mol. The molecule has 0 saturated carbocycles. The summed E-state index contributed by atoms with van der Waals surface area (Å²) in [7, 11) is 3.87. The zero-order valence-electron chi connectivity index (χ0n) is 18.0. The van der Waals surface area contributed by atoms with Gasteiger partial charge in [-0.1, -0.05) is 0 Å². The number of non-ortho nitro benzene ring substituents is 1. The van der Waals surface area contributed by atoms with Crippen molar-refractivity contribution >= 4 is 17.5 Å². The number of ether oxygens (including phenoxy) is 2. The number of amides is 2. The first-order chi connectivity index (χ1) is 15.5. The summed E-state index contributed by atoms with van der Waals surface area (Å²) in [5.74, 6) is -7.12. The number of nitro benzene ring substituents is 1. The SMILES string of the molecule is CON1C(=O)CCC1=O.COc1c(C)c(F)c(F)c(F)c1F.COc1ccc([N+](=O)[O-])cc1. The molecule has 0 aliphatic carbocycles. The molecule has 1 aliphatic heterocycles. The molecule has 0 bridgehead atoms. The van der Waals surface area contributed by atoms with Crippen LogP contribution in [0.5, 0.6) is 11.5 Å². The molecular formula is C20H20F4N2O7. The number of hydrogen-bond donors (Lipinski definition) is 0. The van der Waals surface area contributed by atoms with E-state index >= 15 is 0 Å². The van der Waals surface area contributed by atoms with E-state index in [1.807, 2.05) is 0 Å². The molecule has 0 aromatic heterocycles. The lowest BCUT2D eigenvalue weighted by Gasteiger charge is -2.08. The molecule has 0 radical (unpaired) electrons. The van der Waals surface area contributed by atoms with Crippen LogP contribution in [0.1, 0.15) is 18.4 Å². The van der Waals surface area contributed by atoms with Gasteiger partial charge in [-0.15, -0.1) is 0 Å². The van der Waals surface area contributed by atoms with Gasteiger partial charge in [-0.2, -0.15) is 9.45 Å². The van der Waals surface area contributed by atoms with Gasteiger partial charge < -0.3 is 9.47 Å². The highest BCUT2D eigenvalue weighted by molar-refractivity contribution is 6.00. The van der Waals surface area contributed by atoms with Crippen LogP contribution in [0.3, 0.4) is 0 Å². The smallest absolute Gasteiger partial charge is 0.269 e. The first-order valence-corrected chi connectivity index (χ1v) is 9.04. The number of rotatable bonds is 4. The number of halogens is 4. The van der Waals surface area contributed by atoms with Crippen molar-refractivity contribution in [3.63, 3.8) is 0 Å². The second kappa shape index (κ2) is 12.3. The number of nitrogens with zero attached hydrogens (tertiary/aromatic N) is 2. The molecule has 2 aromatic carbocycles. The maximum atomic E-state index is 12.8. The average molecular weight is 476 g/mol. The third-order valence-corrected chi connectivity index (χ3v) is 4.12. The molecule has 1 fully saturated rings. The summed E-state index contributed by atoms with van der Waals surface area (Å²) in [4.78, 5) is 35.4. The Kier molecular flexibility index (Phi) is 10.2. The molecule has 2 amide bonds. The molecule has 0 spiro atoms. The van der Waals surface area contributed by atoms with Crippen molar-refractivity contribution in [2.45, 2.75) is 19.8 Å². The predicted molar refractivity (Wildman–Crippen MR) is 105 cm³/mol. The largest absolute Gasteiger partial charge is 0.497 e. The van der Waals surface area contributed by atoms with E-state index in [1.54, 1.807) is 12.1 Å². The van der Waals surface area contributed by atoms with Crippen molar-refractivity contribution in [2.75, 3.05) is 21.3 Å². The van der Waals surface area contributed by atoms with E-state index in [4.69, 9.17) is 4.74 Å². The molecule has 1 heterocycles. The number of methoxy groups -OCH3 is 2.